The van der Waals surface area contributed by atoms with Crippen LogP contribution in [0.15, 0.2) is 0 Å². The van der Waals surface area contributed by atoms with E-state index in [1.807, 2.05) is 0 Å². The average molecular weight is 225 g/mol. The summed E-state index contributed by atoms with van der Waals surface area (Å²) in [6.45, 7) is 11.2. The Balaban J connectivity index is 2.28. The summed E-state index contributed by atoms with van der Waals surface area (Å²) in [7, 11) is 0. The van der Waals surface area contributed by atoms with Gasteiger partial charge in [-0.2, -0.15) is 0 Å². The quantitative estimate of drug-likeness (QED) is 0.720. The molecule has 2 aliphatic rings. The molecule has 2 saturated carbocycles. The Kier molecular flexibility index (Phi) is 2.34. The zero-order valence-electron chi connectivity index (χ0n) is 11.4. The fourth-order valence-electron chi connectivity index (χ4n) is 4.49. The molecule has 94 valence electrons. The van der Waals surface area contributed by atoms with Crippen LogP contribution in [0.2, 0.25) is 0 Å². The molecule has 16 heavy (non-hydrogen) atoms. The van der Waals surface area contributed by atoms with Gasteiger partial charge in [-0.3, -0.25) is 0 Å². The van der Waals surface area contributed by atoms with Crippen LogP contribution in [0.25, 0.3) is 0 Å². The van der Waals surface area contributed by atoms with Crippen molar-refractivity contribution in [3.8, 4) is 0 Å². The molecule has 0 spiro atoms. The zero-order chi connectivity index (χ0) is 12.4. The van der Waals surface area contributed by atoms with Crippen LogP contribution >= 0.6 is 0 Å². The fourth-order valence-corrected chi connectivity index (χ4v) is 4.49. The normalized spacial score (nSPS) is 44.1. The molecule has 0 aromatic rings. The van der Waals surface area contributed by atoms with Gasteiger partial charge in [0, 0.05) is 5.54 Å². The van der Waals surface area contributed by atoms with Crippen molar-refractivity contribution in [1.29, 1.82) is 0 Å². The number of aliphatic hydroxyl groups is 1. The first-order valence-corrected chi connectivity index (χ1v) is 6.51. The van der Waals surface area contributed by atoms with E-state index in [9.17, 15) is 5.11 Å². The Hall–Kier alpha value is -0.0800. The van der Waals surface area contributed by atoms with Crippen LogP contribution in [-0.2, 0) is 0 Å². The lowest BCUT2D eigenvalue weighted by Gasteiger charge is -2.52. The van der Waals surface area contributed by atoms with Crippen molar-refractivity contribution in [1.82, 2.24) is 0 Å². The van der Waals surface area contributed by atoms with Crippen LogP contribution in [0, 0.1) is 16.7 Å². The molecule has 2 atom stereocenters. The van der Waals surface area contributed by atoms with Crippen LogP contribution in [-0.4, -0.2) is 16.2 Å². The molecule has 3 N–H and O–H groups in total. The first-order valence-electron chi connectivity index (χ1n) is 6.51. The first kappa shape index (κ1) is 12.4. The molecule has 2 fully saturated rings. The molecular weight excluding hydrogens is 198 g/mol. The van der Waals surface area contributed by atoms with Gasteiger partial charge in [0.15, 0.2) is 0 Å². The highest BCUT2D eigenvalue weighted by atomic mass is 16.3. The second-order valence-electron chi connectivity index (χ2n) is 8.04. The summed E-state index contributed by atoms with van der Waals surface area (Å²) >= 11 is 0. The van der Waals surface area contributed by atoms with Crippen molar-refractivity contribution in [3.05, 3.63) is 0 Å². The molecular formula is C14H27NO. The largest absolute Gasteiger partial charge is 0.388 e. The van der Waals surface area contributed by atoms with E-state index in [1.165, 1.54) is 6.42 Å². The van der Waals surface area contributed by atoms with Gasteiger partial charge >= 0.3 is 0 Å². The smallest absolute Gasteiger partial charge is 0.0839 e. The second kappa shape index (κ2) is 3.02. The van der Waals surface area contributed by atoms with Gasteiger partial charge < -0.3 is 10.8 Å². The number of hydrogen-bond acceptors (Lipinski definition) is 2. The van der Waals surface area contributed by atoms with Crippen molar-refractivity contribution >= 4 is 0 Å². The van der Waals surface area contributed by atoms with Gasteiger partial charge in [0.05, 0.1) is 5.60 Å². The molecule has 2 nitrogen and oxygen atoms in total. The van der Waals surface area contributed by atoms with Gasteiger partial charge in [-0.05, 0) is 42.4 Å². The minimum Gasteiger partial charge on any atom is -0.388 e. The van der Waals surface area contributed by atoms with Gasteiger partial charge in [0.2, 0.25) is 0 Å². The lowest BCUT2D eigenvalue weighted by Crippen LogP contribution is -2.59. The van der Waals surface area contributed by atoms with E-state index in [1.54, 1.807) is 0 Å². The third-order valence-corrected chi connectivity index (χ3v) is 4.73. The number of nitrogens with two attached hydrogens (primary N) is 1. The van der Waals surface area contributed by atoms with Crippen LogP contribution in [0.3, 0.4) is 0 Å². The maximum absolute atomic E-state index is 11.0. The van der Waals surface area contributed by atoms with Crippen molar-refractivity contribution in [2.45, 2.75) is 71.4 Å². The molecule has 0 amide bonds. The Bertz CT molecular complexity index is 292. The predicted molar refractivity (Wildman–Crippen MR) is 67.1 cm³/mol. The third-order valence-electron chi connectivity index (χ3n) is 4.73. The second-order valence-corrected chi connectivity index (χ2v) is 8.04. The molecule has 2 aliphatic carbocycles. The summed E-state index contributed by atoms with van der Waals surface area (Å²) in [6.07, 6.45) is 3.86. The van der Waals surface area contributed by atoms with Gasteiger partial charge in [-0.15, -0.1) is 0 Å². The summed E-state index contributed by atoms with van der Waals surface area (Å²) < 4.78 is 0. The summed E-state index contributed by atoms with van der Waals surface area (Å²) in [4.78, 5) is 0. The Morgan fingerprint density at radius 1 is 1.00 bits per heavy atom. The monoisotopic (exact) mass is 225 g/mol. The van der Waals surface area contributed by atoms with Crippen LogP contribution < -0.4 is 5.73 Å². The molecule has 0 heterocycles. The number of rotatable bonds is 1. The maximum atomic E-state index is 11.0. The highest BCUT2D eigenvalue weighted by molar-refractivity contribution is 5.21. The highest BCUT2D eigenvalue weighted by Crippen LogP contribution is 2.60. The molecule has 0 saturated heterocycles. The van der Waals surface area contributed by atoms with Crippen LogP contribution in [0.4, 0.5) is 0 Å². The zero-order valence-corrected chi connectivity index (χ0v) is 11.4. The van der Waals surface area contributed by atoms with Crippen LogP contribution in [0.1, 0.15) is 60.3 Å². The van der Waals surface area contributed by atoms with E-state index >= 15 is 0 Å². The molecule has 0 aromatic heterocycles. The van der Waals surface area contributed by atoms with Crippen LogP contribution in [0.5, 0.6) is 0 Å². The number of hydrogen-bond donors (Lipinski definition) is 2. The average Bonchev–Trinajstić information content (AvgIpc) is 2.52. The summed E-state index contributed by atoms with van der Waals surface area (Å²) in [5.41, 5.74) is 5.82. The molecule has 0 aliphatic heterocycles. The minimum atomic E-state index is -0.655. The summed E-state index contributed by atoms with van der Waals surface area (Å²) in [5.74, 6) is 0.474. The van der Waals surface area contributed by atoms with E-state index in [0.717, 1.165) is 19.3 Å². The Labute approximate surface area is 99.6 Å². The molecule has 2 rings (SSSR count). The third kappa shape index (κ3) is 1.80. The minimum absolute atomic E-state index is 0.200. The Morgan fingerprint density at radius 3 is 1.69 bits per heavy atom. The summed E-state index contributed by atoms with van der Waals surface area (Å²) in [5, 5.41) is 11.0. The van der Waals surface area contributed by atoms with Gasteiger partial charge in [-0.1, -0.05) is 34.6 Å². The molecule has 0 radical (unpaired) electrons. The van der Waals surface area contributed by atoms with Crippen molar-refractivity contribution in [2.24, 2.45) is 22.5 Å². The van der Waals surface area contributed by atoms with Gasteiger partial charge in [-0.25, -0.2) is 0 Å². The molecule has 0 aromatic carbocycles. The Morgan fingerprint density at radius 2 is 1.38 bits per heavy atom. The molecule has 0 bridgehead atoms. The fraction of sp³-hybridized carbons (Fsp3) is 1.00. The van der Waals surface area contributed by atoms with E-state index in [-0.39, 0.29) is 16.4 Å². The maximum Gasteiger partial charge on any atom is 0.0839 e. The lowest BCUT2D eigenvalue weighted by atomic mass is 9.57. The van der Waals surface area contributed by atoms with E-state index < -0.39 is 5.60 Å². The van der Waals surface area contributed by atoms with E-state index in [2.05, 4.69) is 34.6 Å². The predicted octanol–water partition coefficient (Wildman–Crippen LogP) is 2.69. The SMILES string of the molecule is CC1CC1(N)C1(O)CC(C)(C)CC(C)(C)C1. The van der Waals surface area contributed by atoms with Crippen molar-refractivity contribution < 1.29 is 5.11 Å². The lowest BCUT2D eigenvalue weighted by molar-refractivity contribution is -0.110. The standard InChI is InChI=1S/C14H27NO/c1-10-6-14(10,15)13(16)8-11(2,3)7-12(4,5)9-13/h10,16H,6-9,15H2,1-5H3. The summed E-state index contributed by atoms with van der Waals surface area (Å²) in [6, 6.07) is 0. The molecule has 2 heteroatoms. The first-order chi connectivity index (χ1) is 7.00. The van der Waals surface area contributed by atoms with E-state index in [4.69, 9.17) is 5.73 Å². The molecule has 2 unspecified atom stereocenters. The topological polar surface area (TPSA) is 46.2 Å². The van der Waals surface area contributed by atoms with E-state index in [0.29, 0.717) is 5.92 Å². The van der Waals surface area contributed by atoms with Gasteiger partial charge in [0.25, 0.3) is 0 Å². The van der Waals surface area contributed by atoms with Crippen molar-refractivity contribution in [3.63, 3.8) is 0 Å². The van der Waals surface area contributed by atoms with Gasteiger partial charge in [0.1, 0.15) is 0 Å². The van der Waals surface area contributed by atoms with Crippen molar-refractivity contribution in [2.75, 3.05) is 0 Å². The highest BCUT2D eigenvalue weighted by Gasteiger charge is 2.65.